The predicted molar refractivity (Wildman–Crippen MR) is 135 cm³/mol. The molecule has 1 fully saturated rings. The number of amides is 1. The summed E-state index contributed by atoms with van der Waals surface area (Å²) < 4.78 is 51.9. The van der Waals surface area contributed by atoms with E-state index in [0.29, 0.717) is 34.3 Å². The number of fused-ring (bicyclic) bond motifs is 1. The Morgan fingerprint density at radius 3 is 2.56 bits per heavy atom. The summed E-state index contributed by atoms with van der Waals surface area (Å²) in [5.74, 6) is -0.350. The number of nitrogens with zero attached hydrogens (tertiary/aromatic N) is 3. The van der Waals surface area contributed by atoms with Crippen molar-refractivity contribution in [3.8, 4) is 11.3 Å². The SMILES string of the molecule is CNC(=O)c1c(-c2ccc(F)cc2)oc2nc(N(CCN3CCOCC3)S(C)(=O)=O)c(I)cc12. The van der Waals surface area contributed by atoms with Crippen molar-refractivity contribution >= 4 is 55.4 Å². The Morgan fingerprint density at radius 2 is 1.94 bits per heavy atom. The first-order valence-corrected chi connectivity index (χ1v) is 13.5. The van der Waals surface area contributed by atoms with Gasteiger partial charge < -0.3 is 14.5 Å². The second-order valence-corrected chi connectivity index (χ2v) is 10.9. The van der Waals surface area contributed by atoms with Crippen LogP contribution in [0.15, 0.2) is 34.7 Å². The average Bonchev–Trinajstić information content (AvgIpc) is 3.17. The van der Waals surface area contributed by atoms with Crippen LogP contribution in [0.25, 0.3) is 22.4 Å². The summed E-state index contributed by atoms with van der Waals surface area (Å²) in [6.45, 7) is 3.42. The summed E-state index contributed by atoms with van der Waals surface area (Å²) in [7, 11) is -2.15. The van der Waals surface area contributed by atoms with Crippen LogP contribution < -0.4 is 9.62 Å². The molecule has 1 amide bonds. The largest absolute Gasteiger partial charge is 0.437 e. The van der Waals surface area contributed by atoms with Gasteiger partial charge in [0.15, 0.2) is 5.82 Å². The molecule has 12 heteroatoms. The number of hydrogen-bond donors (Lipinski definition) is 1. The summed E-state index contributed by atoms with van der Waals surface area (Å²) in [5, 5.41) is 3.03. The van der Waals surface area contributed by atoms with Gasteiger partial charge in [-0.15, -0.1) is 0 Å². The molecule has 1 aliphatic heterocycles. The zero-order valence-corrected chi connectivity index (χ0v) is 21.7. The third kappa shape index (κ3) is 5.19. The Kier molecular flexibility index (Phi) is 7.40. The molecule has 182 valence electrons. The molecule has 0 spiro atoms. The van der Waals surface area contributed by atoms with Crippen LogP contribution in [0.5, 0.6) is 0 Å². The molecule has 34 heavy (non-hydrogen) atoms. The van der Waals surface area contributed by atoms with Crippen LogP contribution >= 0.6 is 22.6 Å². The van der Waals surface area contributed by atoms with Gasteiger partial charge in [-0.25, -0.2) is 12.8 Å². The number of carbonyl (C=O) groups excluding carboxylic acids is 1. The highest BCUT2D eigenvalue weighted by Crippen LogP contribution is 2.36. The second-order valence-electron chi connectivity index (χ2n) is 7.83. The number of benzene rings is 1. The fraction of sp³-hybridized carbons (Fsp3) is 0.364. The van der Waals surface area contributed by atoms with E-state index in [1.165, 1.54) is 35.6 Å². The lowest BCUT2D eigenvalue weighted by atomic mass is 10.1. The molecule has 1 saturated heterocycles. The lowest BCUT2D eigenvalue weighted by Crippen LogP contribution is -2.43. The third-order valence-electron chi connectivity index (χ3n) is 5.54. The van der Waals surface area contributed by atoms with Gasteiger partial charge in [-0.3, -0.25) is 14.0 Å². The van der Waals surface area contributed by atoms with E-state index in [1.807, 2.05) is 22.6 Å². The van der Waals surface area contributed by atoms with Gasteiger partial charge in [-0.05, 0) is 52.9 Å². The highest BCUT2D eigenvalue weighted by atomic mass is 127. The van der Waals surface area contributed by atoms with Gasteiger partial charge in [0.1, 0.15) is 11.6 Å². The van der Waals surface area contributed by atoms with Crippen LogP contribution in [0, 0.1) is 9.39 Å². The summed E-state index contributed by atoms with van der Waals surface area (Å²) in [6.07, 6.45) is 1.14. The molecule has 0 radical (unpaired) electrons. The van der Waals surface area contributed by atoms with Crippen LogP contribution in [0.4, 0.5) is 10.2 Å². The van der Waals surface area contributed by atoms with Gasteiger partial charge in [-0.1, -0.05) is 0 Å². The number of pyridine rings is 1. The highest BCUT2D eigenvalue weighted by molar-refractivity contribution is 14.1. The average molecular weight is 602 g/mol. The summed E-state index contributed by atoms with van der Waals surface area (Å²) in [5.41, 5.74) is 0.871. The monoisotopic (exact) mass is 602 g/mol. The molecule has 0 bridgehead atoms. The van der Waals surface area contributed by atoms with Gasteiger partial charge in [0.25, 0.3) is 5.91 Å². The lowest BCUT2D eigenvalue weighted by molar-refractivity contribution is 0.0395. The van der Waals surface area contributed by atoms with Gasteiger partial charge in [-0.2, -0.15) is 4.98 Å². The van der Waals surface area contributed by atoms with Crippen molar-refractivity contribution in [2.24, 2.45) is 0 Å². The number of halogens is 2. The van der Waals surface area contributed by atoms with E-state index in [1.54, 1.807) is 6.07 Å². The molecule has 4 rings (SSSR count). The molecule has 1 aliphatic rings. The highest BCUT2D eigenvalue weighted by Gasteiger charge is 2.28. The topological polar surface area (TPSA) is 105 Å². The number of morpholine rings is 1. The Bertz CT molecular complexity index is 1310. The maximum atomic E-state index is 13.4. The first-order chi connectivity index (χ1) is 16.2. The van der Waals surface area contributed by atoms with Crippen molar-refractivity contribution in [2.75, 3.05) is 57.0 Å². The number of anilines is 1. The summed E-state index contributed by atoms with van der Waals surface area (Å²) >= 11 is 2.01. The van der Waals surface area contributed by atoms with E-state index in [0.717, 1.165) is 19.3 Å². The van der Waals surface area contributed by atoms with E-state index in [9.17, 15) is 17.6 Å². The Balaban J connectivity index is 1.79. The third-order valence-corrected chi connectivity index (χ3v) is 7.49. The smallest absolute Gasteiger partial charge is 0.255 e. The van der Waals surface area contributed by atoms with E-state index in [2.05, 4.69) is 15.2 Å². The van der Waals surface area contributed by atoms with Crippen LogP contribution in [-0.2, 0) is 14.8 Å². The normalized spacial score (nSPS) is 14.9. The zero-order chi connectivity index (χ0) is 24.5. The number of sulfonamides is 1. The van der Waals surface area contributed by atoms with E-state index in [4.69, 9.17) is 9.15 Å². The molecular weight excluding hydrogens is 578 g/mol. The number of rotatable bonds is 7. The van der Waals surface area contributed by atoms with Crippen LogP contribution in [-0.4, -0.2) is 76.9 Å². The molecule has 0 unspecified atom stereocenters. The minimum absolute atomic E-state index is 0.119. The second kappa shape index (κ2) is 10.1. The van der Waals surface area contributed by atoms with E-state index >= 15 is 0 Å². The molecule has 1 N–H and O–H groups in total. The minimum atomic E-state index is -3.65. The molecule has 1 aromatic carbocycles. The quantitative estimate of drug-likeness (QED) is 0.415. The zero-order valence-electron chi connectivity index (χ0n) is 18.7. The van der Waals surface area contributed by atoms with Gasteiger partial charge in [0.2, 0.25) is 15.7 Å². The number of furan rings is 1. The van der Waals surface area contributed by atoms with E-state index < -0.39 is 21.7 Å². The van der Waals surface area contributed by atoms with Crippen molar-refractivity contribution in [1.82, 2.24) is 15.2 Å². The number of carbonyl (C=O) groups is 1. The Morgan fingerprint density at radius 1 is 1.26 bits per heavy atom. The molecule has 0 saturated carbocycles. The molecule has 9 nitrogen and oxygen atoms in total. The van der Waals surface area contributed by atoms with Gasteiger partial charge in [0.05, 0.1) is 34.0 Å². The number of aromatic nitrogens is 1. The van der Waals surface area contributed by atoms with Crippen LogP contribution in [0.2, 0.25) is 0 Å². The van der Waals surface area contributed by atoms with E-state index in [-0.39, 0.29) is 29.4 Å². The summed E-state index contributed by atoms with van der Waals surface area (Å²) in [4.78, 5) is 19.4. The van der Waals surface area contributed by atoms with Crippen LogP contribution in [0.1, 0.15) is 10.4 Å². The Hall–Kier alpha value is -2.29. The van der Waals surface area contributed by atoms with Gasteiger partial charge in [0, 0.05) is 38.8 Å². The molecule has 3 aromatic rings. The van der Waals surface area contributed by atoms with Crippen molar-refractivity contribution in [3.05, 3.63) is 45.3 Å². The number of ether oxygens (including phenoxy) is 1. The maximum Gasteiger partial charge on any atom is 0.255 e. The molecule has 3 heterocycles. The van der Waals surface area contributed by atoms with Crippen molar-refractivity contribution in [2.45, 2.75) is 0 Å². The van der Waals surface area contributed by atoms with Crippen molar-refractivity contribution < 1.29 is 26.8 Å². The molecule has 0 atom stereocenters. The number of nitrogens with one attached hydrogen (secondary N) is 1. The van der Waals surface area contributed by atoms with Crippen molar-refractivity contribution in [3.63, 3.8) is 0 Å². The maximum absolute atomic E-state index is 13.4. The van der Waals surface area contributed by atoms with Crippen molar-refractivity contribution in [1.29, 1.82) is 0 Å². The van der Waals surface area contributed by atoms with Gasteiger partial charge >= 0.3 is 0 Å². The fourth-order valence-electron chi connectivity index (χ4n) is 3.81. The minimum Gasteiger partial charge on any atom is -0.437 e. The molecular formula is C22H24FIN4O5S. The molecule has 2 aromatic heterocycles. The lowest BCUT2D eigenvalue weighted by Gasteiger charge is -2.29. The Labute approximate surface area is 210 Å². The first kappa shape index (κ1) is 24.8. The summed E-state index contributed by atoms with van der Waals surface area (Å²) in [6, 6.07) is 7.25. The molecule has 0 aliphatic carbocycles. The number of hydrogen-bond acceptors (Lipinski definition) is 7. The fourth-order valence-corrected chi connectivity index (χ4v) is 5.56. The first-order valence-electron chi connectivity index (χ1n) is 10.6. The van der Waals surface area contributed by atoms with Crippen LogP contribution in [0.3, 0.4) is 0 Å². The standard InChI is InChI=1S/C22H24FIN4O5S/c1-25-21(29)18-16-13-17(24)20(26-22(16)33-19(18)14-3-5-15(23)6-4-14)28(34(2,30)31)8-7-27-9-11-32-12-10-27/h3-6,13H,7-12H2,1-2H3,(H,25,29). The predicted octanol–water partition coefficient (Wildman–Crippen LogP) is 2.70.